The van der Waals surface area contributed by atoms with Crippen LogP contribution in [0.3, 0.4) is 0 Å². The summed E-state index contributed by atoms with van der Waals surface area (Å²) >= 11 is 0. The number of nitrogens with one attached hydrogen (secondary N) is 1. The maximum Gasteiger partial charge on any atom is 0.287 e. The number of aromatic nitrogens is 1. The van der Waals surface area contributed by atoms with E-state index in [-0.39, 0.29) is 11.4 Å². The first-order chi connectivity index (χ1) is 8.16. The Kier molecular flexibility index (Phi) is 2.95. The first-order valence-electron chi connectivity index (χ1n) is 4.79. The molecule has 0 radical (unpaired) electrons. The van der Waals surface area contributed by atoms with E-state index in [9.17, 15) is 14.5 Å². The molecule has 0 saturated heterocycles. The van der Waals surface area contributed by atoms with Crippen LogP contribution in [0.1, 0.15) is 0 Å². The molecule has 0 atom stereocenters. The molecule has 0 fully saturated rings. The van der Waals surface area contributed by atoms with Crippen molar-refractivity contribution < 1.29 is 9.31 Å². The highest BCUT2D eigenvalue weighted by atomic mass is 19.1. The summed E-state index contributed by atoms with van der Waals surface area (Å²) in [5, 5.41) is 13.1. The first-order valence-corrected chi connectivity index (χ1v) is 4.79. The highest BCUT2D eigenvalue weighted by Gasteiger charge is 2.06. The minimum absolute atomic E-state index is 0.107. The van der Waals surface area contributed by atoms with Crippen LogP contribution in [-0.2, 0) is 0 Å². The Morgan fingerprint density at radius 3 is 2.59 bits per heavy atom. The molecule has 0 aliphatic rings. The van der Waals surface area contributed by atoms with E-state index in [1.165, 1.54) is 18.2 Å². The molecule has 86 valence electrons. The molecule has 0 spiro atoms. The van der Waals surface area contributed by atoms with Gasteiger partial charge in [0.25, 0.3) is 5.69 Å². The third-order valence-electron chi connectivity index (χ3n) is 2.10. The van der Waals surface area contributed by atoms with E-state index in [2.05, 4.69) is 10.3 Å². The monoisotopic (exact) mass is 233 g/mol. The van der Waals surface area contributed by atoms with E-state index in [0.29, 0.717) is 5.82 Å². The van der Waals surface area contributed by atoms with Crippen molar-refractivity contribution in [2.24, 2.45) is 0 Å². The van der Waals surface area contributed by atoms with Crippen LogP contribution in [0.2, 0.25) is 0 Å². The molecule has 2 rings (SSSR count). The molecule has 1 aromatic carbocycles. The Balaban J connectivity index is 2.20. The number of hydrogen-bond donors (Lipinski definition) is 1. The normalized spacial score (nSPS) is 9.94. The van der Waals surface area contributed by atoms with E-state index in [0.717, 1.165) is 6.20 Å². The molecule has 2 aromatic rings. The Morgan fingerprint density at radius 2 is 2.00 bits per heavy atom. The summed E-state index contributed by atoms with van der Waals surface area (Å²) in [6.45, 7) is 0. The molecule has 0 amide bonds. The zero-order valence-electron chi connectivity index (χ0n) is 8.63. The molecule has 0 aliphatic carbocycles. The second-order valence-corrected chi connectivity index (χ2v) is 3.26. The predicted molar refractivity (Wildman–Crippen MR) is 60.6 cm³/mol. The van der Waals surface area contributed by atoms with Gasteiger partial charge < -0.3 is 5.32 Å². The van der Waals surface area contributed by atoms with Crippen molar-refractivity contribution in [2.45, 2.75) is 0 Å². The minimum Gasteiger partial charge on any atom is -0.338 e. The van der Waals surface area contributed by atoms with Gasteiger partial charge in [-0.1, -0.05) is 12.1 Å². The van der Waals surface area contributed by atoms with Gasteiger partial charge in [0.2, 0.25) is 0 Å². The van der Waals surface area contributed by atoms with Crippen molar-refractivity contribution in [2.75, 3.05) is 5.32 Å². The lowest BCUT2D eigenvalue weighted by atomic mass is 10.3. The summed E-state index contributed by atoms with van der Waals surface area (Å²) in [5.41, 5.74) is 0.165. The first kappa shape index (κ1) is 11.0. The van der Waals surface area contributed by atoms with Crippen molar-refractivity contribution in [1.82, 2.24) is 4.98 Å². The van der Waals surface area contributed by atoms with E-state index < -0.39 is 10.7 Å². The smallest absolute Gasteiger partial charge is 0.287 e. The van der Waals surface area contributed by atoms with Gasteiger partial charge in [-0.05, 0) is 18.2 Å². The lowest BCUT2D eigenvalue weighted by molar-refractivity contribution is -0.385. The van der Waals surface area contributed by atoms with Crippen molar-refractivity contribution in [3.63, 3.8) is 0 Å². The van der Waals surface area contributed by atoms with E-state index in [1.54, 1.807) is 18.2 Å². The van der Waals surface area contributed by atoms with Crippen molar-refractivity contribution in [1.29, 1.82) is 0 Å². The molecule has 5 nitrogen and oxygen atoms in total. The van der Waals surface area contributed by atoms with Crippen molar-refractivity contribution >= 4 is 17.2 Å². The Morgan fingerprint density at radius 1 is 1.24 bits per heavy atom. The number of rotatable bonds is 3. The highest BCUT2D eigenvalue weighted by Crippen LogP contribution is 2.19. The number of benzene rings is 1. The molecule has 1 heterocycles. The average Bonchev–Trinajstić information content (AvgIpc) is 2.33. The second-order valence-electron chi connectivity index (χ2n) is 3.26. The van der Waals surface area contributed by atoms with Crippen LogP contribution in [0.4, 0.5) is 21.6 Å². The fourth-order valence-corrected chi connectivity index (χ4v) is 1.27. The van der Waals surface area contributed by atoms with Crippen LogP contribution in [-0.4, -0.2) is 9.91 Å². The zero-order chi connectivity index (χ0) is 12.3. The molecule has 1 aromatic heterocycles. The van der Waals surface area contributed by atoms with Crippen LogP contribution in [0.15, 0.2) is 42.6 Å². The fourth-order valence-electron chi connectivity index (χ4n) is 1.27. The molecule has 0 unspecified atom stereocenters. The summed E-state index contributed by atoms with van der Waals surface area (Å²) in [4.78, 5) is 13.7. The lowest BCUT2D eigenvalue weighted by Crippen LogP contribution is -1.96. The minimum atomic E-state index is -0.542. The molecule has 6 heteroatoms. The van der Waals surface area contributed by atoms with Gasteiger partial charge in [-0.15, -0.1) is 0 Å². The van der Waals surface area contributed by atoms with Crippen molar-refractivity contribution in [3.05, 3.63) is 58.5 Å². The van der Waals surface area contributed by atoms with E-state index in [4.69, 9.17) is 0 Å². The summed E-state index contributed by atoms with van der Waals surface area (Å²) in [5.74, 6) is -0.0617. The van der Waals surface area contributed by atoms with Gasteiger partial charge in [0, 0.05) is 6.07 Å². The van der Waals surface area contributed by atoms with Gasteiger partial charge in [0.1, 0.15) is 17.8 Å². The Hall–Kier alpha value is -2.50. The number of hydrogen-bond acceptors (Lipinski definition) is 4. The molecule has 0 saturated carbocycles. The number of nitro groups is 1. The predicted octanol–water partition coefficient (Wildman–Crippen LogP) is 2.87. The number of para-hydroxylation sites is 1. The highest BCUT2D eigenvalue weighted by molar-refractivity contribution is 5.57. The molecule has 0 aliphatic heterocycles. The van der Waals surface area contributed by atoms with E-state index >= 15 is 0 Å². The molecule has 1 N–H and O–H groups in total. The van der Waals surface area contributed by atoms with Gasteiger partial charge in [0.15, 0.2) is 0 Å². The van der Waals surface area contributed by atoms with Gasteiger partial charge >= 0.3 is 0 Å². The second kappa shape index (κ2) is 4.56. The standard InChI is InChI=1S/C11H8FN3O2/c12-9-3-1-2-4-10(9)14-11-6-5-8(7-13-11)15(16)17/h1-7H,(H,13,14). The Bertz CT molecular complexity index is 543. The third kappa shape index (κ3) is 2.54. The maximum absolute atomic E-state index is 13.3. The van der Waals surface area contributed by atoms with Crippen LogP contribution in [0, 0.1) is 15.9 Å². The van der Waals surface area contributed by atoms with Gasteiger partial charge in [-0.25, -0.2) is 9.37 Å². The van der Waals surface area contributed by atoms with E-state index in [1.807, 2.05) is 0 Å². The average molecular weight is 233 g/mol. The van der Waals surface area contributed by atoms with Crippen LogP contribution >= 0.6 is 0 Å². The molecule has 0 bridgehead atoms. The maximum atomic E-state index is 13.3. The lowest BCUT2D eigenvalue weighted by Gasteiger charge is -2.05. The van der Waals surface area contributed by atoms with Crippen molar-refractivity contribution in [3.8, 4) is 0 Å². The third-order valence-corrected chi connectivity index (χ3v) is 2.10. The SMILES string of the molecule is O=[N+]([O-])c1ccc(Nc2ccccc2F)nc1. The van der Waals surface area contributed by atoms with Gasteiger partial charge in [-0.2, -0.15) is 0 Å². The van der Waals surface area contributed by atoms with Crippen LogP contribution in [0.25, 0.3) is 0 Å². The molecule has 17 heavy (non-hydrogen) atoms. The summed E-state index contributed by atoms with van der Waals surface area (Å²) in [7, 11) is 0. The molecular formula is C11H8FN3O2. The zero-order valence-corrected chi connectivity index (χ0v) is 8.63. The largest absolute Gasteiger partial charge is 0.338 e. The van der Waals surface area contributed by atoms with Crippen LogP contribution < -0.4 is 5.32 Å². The topological polar surface area (TPSA) is 68.1 Å². The molecular weight excluding hydrogens is 225 g/mol. The quantitative estimate of drug-likeness (QED) is 0.653. The van der Waals surface area contributed by atoms with Gasteiger partial charge in [-0.3, -0.25) is 10.1 Å². The Labute approximate surface area is 96.1 Å². The number of pyridine rings is 1. The summed E-state index contributed by atoms with van der Waals surface area (Å²) in [6.07, 6.45) is 1.11. The summed E-state index contributed by atoms with van der Waals surface area (Å²) < 4.78 is 13.3. The van der Waals surface area contributed by atoms with Crippen LogP contribution in [0.5, 0.6) is 0 Å². The van der Waals surface area contributed by atoms with Gasteiger partial charge in [0.05, 0.1) is 10.6 Å². The fraction of sp³-hybridized carbons (Fsp3) is 0. The number of anilines is 2. The number of halogens is 1. The number of nitrogens with zero attached hydrogens (tertiary/aromatic N) is 2. The summed E-state index contributed by atoms with van der Waals surface area (Å²) in [6, 6.07) is 8.84.